The smallest absolute Gasteiger partial charge is 0.213 e. The van der Waals surface area contributed by atoms with Gasteiger partial charge in [0.15, 0.2) is 0 Å². The average molecular weight is 502 g/mol. The summed E-state index contributed by atoms with van der Waals surface area (Å²) in [6.45, 7) is 3.88. The third-order valence-electron chi connectivity index (χ3n) is 6.14. The third kappa shape index (κ3) is 6.17. The molecular formula is C27H29F2NO4S. The lowest BCUT2D eigenvalue weighted by Gasteiger charge is -2.14. The van der Waals surface area contributed by atoms with Crippen LogP contribution in [0.4, 0.5) is 8.78 Å². The summed E-state index contributed by atoms with van der Waals surface area (Å²) in [4.78, 5) is 4.35. The SMILES string of the molecule is Cc1nc(OCCCS(C)(=O)=O)ccc1-c1ccc(F)c(COc2ccc3c(c2)CC(C)C3)c1F. The lowest BCUT2D eigenvalue weighted by molar-refractivity contribution is 0.292. The number of ether oxygens (including phenoxy) is 2. The molecule has 8 heteroatoms. The number of benzene rings is 2. The van der Waals surface area contributed by atoms with Gasteiger partial charge in [0.1, 0.15) is 33.8 Å². The van der Waals surface area contributed by atoms with E-state index in [1.54, 1.807) is 19.1 Å². The summed E-state index contributed by atoms with van der Waals surface area (Å²) in [7, 11) is -3.05. The molecular weight excluding hydrogens is 472 g/mol. The number of pyridine rings is 1. The summed E-state index contributed by atoms with van der Waals surface area (Å²) in [6.07, 6.45) is 3.54. The van der Waals surface area contributed by atoms with Crippen LogP contribution < -0.4 is 9.47 Å². The highest BCUT2D eigenvalue weighted by atomic mass is 32.2. The molecule has 0 N–H and O–H groups in total. The molecule has 0 amide bonds. The van der Waals surface area contributed by atoms with Crippen LogP contribution in [0.5, 0.6) is 11.6 Å². The van der Waals surface area contributed by atoms with Crippen molar-refractivity contribution in [3.05, 3.63) is 76.5 Å². The number of aryl methyl sites for hydroxylation is 1. The number of nitrogens with zero attached hydrogens (tertiary/aromatic N) is 1. The second-order valence-corrected chi connectivity index (χ2v) is 11.5. The third-order valence-corrected chi connectivity index (χ3v) is 7.17. The summed E-state index contributed by atoms with van der Waals surface area (Å²) in [6, 6.07) is 11.7. The first-order chi connectivity index (χ1) is 16.6. The van der Waals surface area contributed by atoms with Crippen LogP contribution in [0.25, 0.3) is 11.1 Å². The van der Waals surface area contributed by atoms with Crippen LogP contribution in [0.3, 0.4) is 0 Å². The van der Waals surface area contributed by atoms with Gasteiger partial charge < -0.3 is 9.47 Å². The molecule has 0 bridgehead atoms. The zero-order valence-corrected chi connectivity index (χ0v) is 20.9. The molecule has 2 aromatic carbocycles. The molecule has 1 aromatic heterocycles. The van der Waals surface area contributed by atoms with E-state index in [9.17, 15) is 12.8 Å². The molecule has 0 saturated carbocycles. The first-order valence-electron chi connectivity index (χ1n) is 11.6. The topological polar surface area (TPSA) is 65.5 Å². The van der Waals surface area contributed by atoms with Gasteiger partial charge in [-0.25, -0.2) is 22.2 Å². The van der Waals surface area contributed by atoms with Crippen LogP contribution in [0.2, 0.25) is 0 Å². The van der Waals surface area contributed by atoms with Gasteiger partial charge in [0.25, 0.3) is 0 Å². The summed E-state index contributed by atoms with van der Waals surface area (Å²) in [5.41, 5.74) is 3.63. The summed E-state index contributed by atoms with van der Waals surface area (Å²) in [5.74, 6) is 0.172. The van der Waals surface area contributed by atoms with E-state index >= 15 is 4.39 Å². The lowest BCUT2D eigenvalue weighted by Crippen LogP contribution is -2.09. The van der Waals surface area contributed by atoms with Crippen LogP contribution in [0, 0.1) is 24.5 Å². The minimum Gasteiger partial charge on any atom is -0.489 e. The molecule has 4 rings (SSSR count). The number of aromatic nitrogens is 1. The Kier molecular flexibility index (Phi) is 7.40. The Morgan fingerprint density at radius 3 is 2.49 bits per heavy atom. The van der Waals surface area contributed by atoms with Crippen LogP contribution in [-0.2, 0) is 29.3 Å². The van der Waals surface area contributed by atoms with E-state index in [0.29, 0.717) is 35.2 Å². The molecule has 0 saturated heterocycles. The van der Waals surface area contributed by atoms with Crippen molar-refractivity contribution < 1.29 is 26.7 Å². The Hall–Kier alpha value is -3.00. The van der Waals surface area contributed by atoms with Gasteiger partial charge in [-0.15, -0.1) is 0 Å². The van der Waals surface area contributed by atoms with Gasteiger partial charge in [-0.05, 0) is 73.6 Å². The van der Waals surface area contributed by atoms with Crippen molar-refractivity contribution in [1.82, 2.24) is 4.98 Å². The Labute approximate surface area is 205 Å². The maximum absolute atomic E-state index is 15.4. The maximum atomic E-state index is 15.4. The van der Waals surface area contributed by atoms with Crippen LogP contribution in [0.15, 0.2) is 42.5 Å². The highest BCUT2D eigenvalue weighted by Gasteiger charge is 2.20. The van der Waals surface area contributed by atoms with Gasteiger partial charge in [0.05, 0.1) is 17.9 Å². The fourth-order valence-electron chi connectivity index (χ4n) is 4.40. The first kappa shape index (κ1) is 25.1. The number of fused-ring (bicyclic) bond motifs is 1. The molecule has 0 fully saturated rings. The zero-order chi connectivity index (χ0) is 25.2. The molecule has 1 unspecified atom stereocenters. The van der Waals surface area contributed by atoms with Crippen molar-refractivity contribution in [3.63, 3.8) is 0 Å². The van der Waals surface area contributed by atoms with Gasteiger partial charge in [0.2, 0.25) is 5.88 Å². The van der Waals surface area contributed by atoms with Crippen molar-refractivity contribution in [3.8, 4) is 22.8 Å². The fourth-order valence-corrected chi connectivity index (χ4v) is 5.04. The van der Waals surface area contributed by atoms with Gasteiger partial charge in [-0.2, -0.15) is 0 Å². The summed E-state index contributed by atoms with van der Waals surface area (Å²) < 4.78 is 63.7. The van der Waals surface area contributed by atoms with E-state index in [1.165, 1.54) is 29.5 Å². The highest BCUT2D eigenvalue weighted by molar-refractivity contribution is 7.90. The van der Waals surface area contributed by atoms with Gasteiger partial charge in [-0.3, -0.25) is 0 Å². The van der Waals surface area contributed by atoms with E-state index in [0.717, 1.165) is 12.8 Å². The summed E-state index contributed by atoms with van der Waals surface area (Å²) >= 11 is 0. The lowest BCUT2D eigenvalue weighted by atomic mass is 10.0. The maximum Gasteiger partial charge on any atom is 0.213 e. The molecule has 35 heavy (non-hydrogen) atoms. The first-order valence-corrected chi connectivity index (χ1v) is 13.7. The predicted octanol–water partition coefficient (Wildman–Crippen LogP) is 5.46. The molecule has 1 heterocycles. The van der Waals surface area contributed by atoms with Gasteiger partial charge in [0, 0.05) is 29.1 Å². The average Bonchev–Trinajstić information content (AvgIpc) is 3.16. The van der Waals surface area contributed by atoms with E-state index in [-0.39, 0.29) is 30.1 Å². The minimum absolute atomic E-state index is 0.0281. The standard InChI is InChI=1S/C27H29F2NO4S/c1-17-13-19-5-6-21(15-20(19)14-17)34-16-24-25(28)9-7-23(27(24)29)22-8-10-26(30-18(22)2)33-11-4-12-35(3,31)32/h5-10,15,17H,4,11-14,16H2,1-3H3. The van der Waals surface area contributed by atoms with Crippen molar-refractivity contribution in [1.29, 1.82) is 0 Å². The van der Waals surface area contributed by atoms with Crippen molar-refractivity contribution in [2.24, 2.45) is 5.92 Å². The van der Waals surface area contributed by atoms with Crippen LogP contribution in [0.1, 0.15) is 35.7 Å². The van der Waals surface area contributed by atoms with E-state index in [2.05, 4.69) is 11.9 Å². The quantitative estimate of drug-likeness (QED) is 0.364. The van der Waals surface area contributed by atoms with Crippen LogP contribution in [-0.4, -0.2) is 32.0 Å². The second-order valence-electron chi connectivity index (χ2n) is 9.23. The van der Waals surface area contributed by atoms with Crippen molar-refractivity contribution in [2.75, 3.05) is 18.6 Å². The Bertz CT molecular complexity index is 1340. The number of hydrogen-bond acceptors (Lipinski definition) is 5. The molecule has 1 atom stereocenters. The fraction of sp³-hybridized carbons (Fsp3) is 0.370. The molecule has 186 valence electrons. The van der Waals surface area contributed by atoms with Crippen molar-refractivity contribution in [2.45, 2.75) is 39.7 Å². The van der Waals surface area contributed by atoms with Gasteiger partial charge in [-0.1, -0.05) is 13.0 Å². The molecule has 1 aliphatic rings. The number of sulfone groups is 1. The normalized spacial score (nSPS) is 15.2. The monoisotopic (exact) mass is 501 g/mol. The predicted molar refractivity (Wildman–Crippen MR) is 131 cm³/mol. The second kappa shape index (κ2) is 10.3. The number of halogens is 2. The Morgan fingerprint density at radius 1 is 1.00 bits per heavy atom. The largest absolute Gasteiger partial charge is 0.489 e. The molecule has 0 spiro atoms. The number of rotatable bonds is 9. The molecule has 1 aliphatic carbocycles. The molecule has 0 radical (unpaired) electrons. The highest BCUT2D eigenvalue weighted by Crippen LogP contribution is 2.32. The summed E-state index contributed by atoms with van der Waals surface area (Å²) in [5, 5.41) is 0. The number of hydrogen-bond donors (Lipinski definition) is 0. The van der Waals surface area contributed by atoms with Crippen molar-refractivity contribution >= 4 is 9.84 Å². The zero-order valence-electron chi connectivity index (χ0n) is 20.1. The molecule has 3 aromatic rings. The van der Waals surface area contributed by atoms with Crippen LogP contribution >= 0.6 is 0 Å². The molecule has 5 nitrogen and oxygen atoms in total. The van der Waals surface area contributed by atoms with E-state index < -0.39 is 21.5 Å². The van der Waals surface area contributed by atoms with E-state index in [4.69, 9.17) is 9.47 Å². The Morgan fingerprint density at radius 2 is 1.74 bits per heavy atom. The van der Waals surface area contributed by atoms with E-state index in [1.807, 2.05) is 18.2 Å². The molecule has 0 aliphatic heterocycles. The minimum atomic E-state index is -3.05. The van der Waals surface area contributed by atoms with Gasteiger partial charge >= 0.3 is 0 Å². The Balaban J connectivity index is 1.48.